The summed E-state index contributed by atoms with van der Waals surface area (Å²) in [7, 11) is 0. The minimum atomic E-state index is 1.02. The predicted octanol–water partition coefficient (Wildman–Crippen LogP) is 2.93. The third-order valence-electron chi connectivity index (χ3n) is 3.16. The van der Waals surface area contributed by atoms with Crippen molar-refractivity contribution in [2.45, 2.75) is 26.7 Å². The van der Waals surface area contributed by atoms with Gasteiger partial charge in [0.1, 0.15) is 0 Å². The molecule has 1 nitrogen and oxygen atoms in total. The largest absolute Gasteiger partial charge is 0.313 e. The number of hydrogen-bond acceptors (Lipinski definition) is 1. The zero-order chi connectivity index (χ0) is 10.7. The van der Waals surface area contributed by atoms with Crippen LogP contribution in [0.25, 0.3) is 5.57 Å². The Morgan fingerprint density at radius 3 is 2.87 bits per heavy atom. The van der Waals surface area contributed by atoms with E-state index in [4.69, 9.17) is 0 Å². The molecule has 0 saturated heterocycles. The highest BCUT2D eigenvalue weighted by atomic mass is 14.8. The fraction of sp³-hybridized carbons (Fsp3) is 0.429. The molecule has 0 unspecified atom stereocenters. The Hall–Kier alpha value is -1.08. The van der Waals surface area contributed by atoms with E-state index in [1.165, 1.54) is 22.3 Å². The van der Waals surface area contributed by atoms with Gasteiger partial charge < -0.3 is 5.32 Å². The molecule has 80 valence electrons. The quantitative estimate of drug-likeness (QED) is 0.775. The molecule has 1 aromatic carbocycles. The number of hydrogen-bond donors (Lipinski definition) is 1. The lowest BCUT2D eigenvalue weighted by atomic mass is 9.95. The summed E-state index contributed by atoms with van der Waals surface area (Å²) < 4.78 is 0. The van der Waals surface area contributed by atoms with Crippen molar-refractivity contribution in [2.24, 2.45) is 0 Å². The first-order valence-corrected chi connectivity index (χ1v) is 5.81. The fourth-order valence-electron chi connectivity index (χ4n) is 2.14. The van der Waals surface area contributed by atoms with Gasteiger partial charge in [-0.05, 0) is 48.6 Å². The Labute approximate surface area is 92.2 Å². The maximum Gasteiger partial charge on any atom is 0.0140 e. The smallest absolute Gasteiger partial charge is 0.0140 e. The molecule has 0 aliphatic carbocycles. The molecule has 0 radical (unpaired) electrons. The highest BCUT2D eigenvalue weighted by Crippen LogP contribution is 2.22. The third-order valence-corrected chi connectivity index (χ3v) is 3.16. The normalized spacial score (nSPS) is 16.3. The molecule has 0 bridgehead atoms. The lowest BCUT2D eigenvalue weighted by Crippen LogP contribution is -2.20. The Kier molecular flexibility index (Phi) is 3.22. The van der Waals surface area contributed by atoms with Crippen LogP contribution >= 0.6 is 0 Å². The van der Waals surface area contributed by atoms with Crippen LogP contribution in [0.1, 0.15) is 30.0 Å². The second-order valence-electron chi connectivity index (χ2n) is 4.18. The second-order valence-corrected chi connectivity index (χ2v) is 4.18. The van der Waals surface area contributed by atoms with E-state index in [1.54, 1.807) is 0 Å². The van der Waals surface area contributed by atoms with Gasteiger partial charge in [0.2, 0.25) is 0 Å². The standard InChI is InChI=1S/C14H19N/c1-3-12-10-14(5-4-11(12)2)13-6-8-15-9-7-13/h4-6,10,15H,3,7-9H2,1-2H3. The molecule has 1 aliphatic heterocycles. The van der Waals surface area contributed by atoms with Gasteiger partial charge in [-0.1, -0.05) is 31.2 Å². The van der Waals surface area contributed by atoms with Crippen LogP contribution < -0.4 is 5.32 Å². The Morgan fingerprint density at radius 1 is 1.33 bits per heavy atom. The zero-order valence-corrected chi connectivity index (χ0v) is 9.64. The van der Waals surface area contributed by atoms with Gasteiger partial charge in [0.25, 0.3) is 0 Å². The van der Waals surface area contributed by atoms with Crippen LogP contribution in [-0.2, 0) is 6.42 Å². The molecule has 1 heterocycles. The van der Waals surface area contributed by atoms with E-state index in [9.17, 15) is 0 Å². The fourth-order valence-corrected chi connectivity index (χ4v) is 2.14. The van der Waals surface area contributed by atoms with Crippen LogP contribution in [0.15, 0.2) is 24.3 Å². The Bertz CT molecular complexity index is 377. The highest BCUT2D eigenvalue weighted by molar-refractivity contribution is 5.67. The van der Waals surface area contributed by atoms with E-state index in [0.717, 1.165) is 25.9 Å². The molecule has 0 fully saturated rings. The number of rotatable bonds is 2. The molecular formula is C14H19N. The Morgan fingerprint density at radius 2 is 2.20 bits per heavy atom. The first-order valence-electron chi connectivity index (χ1n) is 5.81. The van der Waals surface area contributed by atoms with Crippen LogP contribution in [0.5, 0.6) is 0 Å². The average Bonchev–Trinajstić information content (AvgIpc) is 2.31. The monoisotopic (exact) mass is 201 g/mol. The molecule has 1 aliphatic rings. The van der Waals surface area contributed by atoms with E-state index < -0.39 is 0 Å². The summed E-state index contributed by atoms with van der Waals surface area (Å²) in [6.07, 6.45) is 4.60. The minimum Gasteiger partial charge on any atom is -0.313 e. The van der Waals surface area contributed by atoms with Gasteiger partial charge in [-0.3, -0.25) is 0 Å². The van der Waals surface area contributed by atoms with Crippen LogP contribution in [0.3, 0.4) is 0 Å². The molecule has 1 heteroatoms. The molecule has 2 rings (SSSR count). The topological polar surface area (TPSA) is 12.0 Å². The van der Waals surface area contributed by atoms with E-state index in [0.29, 0.717) is 0 Å². The zero-order valence-electron chi connectivity index (χ0n) is 9.64. The molecule has 1 aromatic rings. The van der Waals surface area contributed by atoms with Gasteiger partial charge in [-0.25, -0.2) is 0 Å². The average molecular weight is 201 g/mol. The highest BCUT2D eigenvalue weighted by Gasteiger charge is 2.06. The van der Waals surface area contributed by atoms with Crippen molar-refractivity contribution in [1.82, 2.24) is 5.32 Å². The predicted molar refractivity (Wildman–Crippen MR) is 66.0 cm³/mol. The SMILES string of the molecule is CCc1cc(C2=CCNCC2)ccc1C. The molecule has 0 spiro atoms. The van der Waals surface area contributed by atoms with Crippen molar-refractivity contribution in [3.8, 4) is 0 Å². The first kappa shape index (κ1) is 10.4. The molecule has 0 aromatic heterocycles. The summed E-state index contributed by atoms with van der Waals surface area (Å²) in [6, 6.07) is 6.86. The van der Waals surface area contributed by atoms with E-state index in [2.05, 4.69) is 43.4 Å². The molecule has 0 saturated carbocycles. The maximum atomic E-state index is 3.35. The third kappa shape index (κ3) is 2.29. The molecule has 0 atom stereocenters. The summed E-state index contributed by atoms with van der Waals surface area (Å²) in [5.74, 6) is 0. The minimum absolute atomic E-state index is 1.02. The molecule has 15 heavy (non-hydrogen) atoms. The van der Waals surface area contributed by atoms with Gasteiger partial charge >= 0.3 is 0 Å². The summed E-state index contributed by atoms with van der Waals surface area (Å²) >= 11 is 0. The van der Waals surface area contributed by atoms with Crippen molar-refractivity contribution in [3.63, 3.8) is 0 Å². The first-order chi connectivity index (χ1) is 7.31. The Balaban J connectivity index is 2.32. The number of benzene rings is 1. The van der Waals surface area contributed by atoms with Crippen LogP contribution in [0, 0.1) is 6.92 Å². The van der Waals surface area contributed by atoms with Crippen molar-refractivity contribution < 1.29 is 0 Å². The van der Waals surface area contributed by atoms with Crippen LogP contribution in [-0.4, -0.2) is 13.1 Å². The van der Waals surface area contributed by atoms with Crippen molar-refractivity contribution in [2.75, 3.05) is 13.1 Å². The van der Waals surface area contributed by atoms with E-state index >= 15 is 0 Å². The van der Waals surface area contributed by atoms with Crippen LogP contribution in [0.2, 0.25) is 0 Å². The van der Waals surface area contributed by atoms with Gasteiger partial charge in [0, 0.05) is 6.54 Å². The van der Waals surface area contributed by atoms with E-state index in [-0.39, 0.29) is 0 Å². The summed E-state index contributed by atoms with van der Waals surface area (Å²) in [5.41, 5.74) is 5.81. The van der Waals surface area contributed by atoms with Gasteiger partial charge in [0.05, 0.1) is 0 Å². The molecule has 0 amide bonds. The lowest BCUT2D eigenvalue weighted by molar-refractivity contribution is 0.738. The lowest BCUT2D eigenvalue weighted by Gasteiger charge is -2.15. The maximum absolute atomic E-state index is 3.35. The van der Waals surface area contributed by atoms with Crippen LogP contribution in [0.4, 0.5) is 0 Å². The van der Waals surface area contributed by atoms with Gasteiger partial charge in [-0.2, -0.15) is 0 Å². The van der Waals surface area contributed by atoms with Crippen molar-refractivity contribution >= 4 is 5.57 Å². The van der Waals surface area contributed by atoms with Crippen molar-refractivity contribution in [3.05, 3.63) is 41.0 Å². The molecular weight excluding hydrogens is 182 g/mol. The molecule has 1 N–H and O–H groups in total. The van der Waals surface area contributed by atoms with Gasteiger partial charge in [0.15, 0.2) is 0 Å². The second kappa shape index (κ2) is 4.63. The summed E-state index contributed by atoms with van der Waals surface area (Å²) in [6.45, 7) is 6.55. The van der Waals surface area contributed by atoms with Crippen molar-refractivity contribution in [1.29, 1.82) is 0 Å². The number of aryl methyl sites for hydroxylation is 2. The summed E-state index contributed by atoms with van der Waals surface area (Å²) in [5, 5.41) is 3.35. The van der Waals surface area contributed by atoms with E-state index in [1.807, 2.05) is 0 Å². The van der Waals surface area contributed by atoms with Gasteiger partial charge in [-0.15, -0.1) is 0 Å². The summed E-state index contributed by atoms with van der Waals surface area (Å²) in [4.78, 5) is 0. The number of nitrogens with one attached hydrogen (secondary N) is 1.